The molecular weight excluding hydrogens is 224 g/mol. The van der Waals surface area contributed by atoms with Crippen LogP contribution in [-0.2, 0) is 9.53 Å². The van der Waals surface area contributed by atoms with E-state index in [9.17, 15) is 9.59 Å². The molecule has 1 aromatic rings. The molecule has 0 aliphatic carbocycles. The molecule has 17 heavy (non-hydrogen) atoms. The molecule has 0 radical (unpaired) electrons. The van der Waals surface area contributed by atoms with Crippen molar-refractivity contribution in [3.63, 3.8) is 0 Å². The summed E-state index contributed by atoms with van der Waals surface area (Å²) < 4.78 is 4.41. The monoisotopic (exact) mass is 238 g/mol. The van der Waals surface area contributed by atoms with Crippen molar-refractivity contribution < 1.29 is 19.4 Å². The molecule has 0 aromatic heterocycles. The van der Waals surface area contributed by atoms with Crippen LogP contribution in [0.2, 0.25) is 0 Å². The van der Waals surface area contributed by atoms with E-state index >= 15 is 0 Å². The second kappa shape index (κ2) is 6.49. The highest BCUT2D eigenvalue weighted by Crippen LogP contribution is 2.04. The average molecular weight is 238 g/mol. The molecule has 6 nitrogen and oxygen atoms in total. The van der Waals surface area contributed by atoms with Crippen LogP contribution in [0.25, 0.3) is 0 Å². The minimum Gasteiger partial charge on any atom is -0.467 e. The van der Waals surface area contributed by atoms with Gasteiger partial charge in [-0.25, -0.2) is 9.59 Å². The number of carbonyl (C=O) groups is 2. The molecule has 0 fully saturated rings. The number of anilines is 1. The fraction of sp³-hybridized carbons (Fsp3) is 0.273. The maximum Gasteiger partial charge on any atom is 0.330 e. The van der Waals surface area contributed by atoms with Crippen LogP contribution in [0, 0.1) is 0 Å². The van der Waals surface area contributed by atoms with E-state index in [1.54, 1.807) is 24.3 Å². The zero-order chi connectivity index (χ0) is 12.7. The Balaban J connectivity index is 2.51. The van der Waals surface area contributed by atoms with Gasteiger partial charge in [-0.15, -0.1) is 0 Å². The van der Waals surface area contributed by atoms with E-state index in [1.165, 1.54) is 7.11 Å². The number of aliphatic hydroxyl groups excluding tert-OH is 1. The van der Waals surface area contributed by atoms with Crippen molar-refractivity contribution in [3.8, 4) is 0 Å². The first-order valence-corrected chi connectivity index (χ1v) is 4.98. The number of para-hydroxylation sites is 1. The van der Waals surface area contributed by atoms with Crippen molar-refractivity contribution in [2.75, 3.05) is 19.0 Å². The Bertz CT molecular complexity index is 380. The first-order chi connectivity index (χ1) is 8.17. The van der Waals surface area contributed by atoms with Crippen LogP contribution in [0.4, 0.5) is 10.5 Å². The molecule has 6 heteroatoms. The van der Waals surface area contributed by atoms with E-state index in [1.807, 2.05) is 6.07 Å². The summed E-state index contributed by atoms with van der Waals surface area (Å²) in [5, 5.41) is 13.7. The molecule has 0 heterocycles. The maximum atomic E-state index is 11.5. The number of aliphatic hydroxyl groups is 1. The van der Waals surface area contributed by atoms with Gasteiger partial charge in [-0.2, -0.15) is 0 Å². The van der Waals surface area contributed by atoms with E-state index in [2.05, 4.69) is 15.4 Å². The van der Waals surface area contributed by atoms with Crippen LogP contribution in [-0.4, -0.2) is 36.9 Å². The number of carbonyl (C=O) groups excluding carboxylic acids is 2. The number of rotatable bonds is 4. The molecule has 2 amide bonds. The van der Waals surface area contributed by atoms with Gasteiger partial charge in [0.15, 0.2) is 6.04 Å². The van der Waals surface area contributed by atoms with Gasteiger partial charge in [0.2, 0.25) is 0 Å². The van der Waals surface area contributed by atoms with Gasteiger partial charge in [-0.05, 0) is 12.1 Å². The minimum atomic E-state index is -1.07. The van der Waals surface area contributed by atoms with E-state index in [0.29, 0.717) is 5.69 Å². The van der Waals surface area contributed by atoms with Gasteiger partial charge in [-0.3, -0.25) is 0 Å². The molecular formula is C11H14N2O4. The molecule has 0 aliphatic heterocycles. The Morgan fingerprint density at radius 2 is 2.00 bits per heavy atom. The molecule has 0 unspecified atom stereocenters. The highest BCUT2D eigenvalue weighted by atomic mass is 16.5. The van der Waals surface area contributed by atoms with Crippen molar-refractivity contribution in [3.05, 3.63) is 30.3 Å². The Morgan fingerprint density at radius 3 is 2.53 bits per heavy atom. The summed E-state index contributed by atoms with van der Waals surface area (Å²) >= 11 is 0. The van der Waals surface area contributed by atoms with Gasteiger partial charge >= 0.3 is 12.0 Å². The molecule has 1 rings (SSSR count). The number of amides is 2. The topological polar surface area (TPSA) is 87.7 Å². The number of hydrogen-bond donors (Lipinski definition) is 3. The van der Waals surface area contributed by atoms with E-state index in [-0.39, 0.29) is 0 Å². The molecule has 3 N–H and O–H groups in total. The second-order valence-corrected chi connectivity index (χ2v) is 3.22. The number of hydrogen-bond acceptors (Lipinski definition) is 4. The highest BCUT2D eigenvalue weighted by molar-refractivity contribution is 5.92. The summed E-state index contributed by atoms with van der Waals surface area (Å²) in [6, 6.07) is 7.09. The first-order valence-electron chi connectivity index (χ1n) is 4.98. The normalized spacial score (nSPS) is 11.4. The lowest BCUT2D eigenvalue weighted by atomic mass is 10.3. The molecule has 0 saturated carbocycles. The van der Waals surface area contributed by atoms with Gasteiger partial charge in [0.25, 0.3) is 0 Å². The van der Waals surface area contributed by atoms with E-state index in [0.717, 1.165) is 0 Å². The Kier molecular flexibility index (Phi) is 4.96. The lowest BCUT2D eigenvalue weighted by Crippen LogP contribution is -2.45. The molecule has 1 atom stereocenters. The Hall–Kier alpha value is -2.08. The average Bonchev–Trinajstić information content (AvgIpc) is 2.36. The quantitative estimate of drug-likeness (QED) is 0.660. The zero-order valence-electron chi connectivity index (χ0n) is 9.34. The number of benzene rings is 1. The highest BCUT2D eigenvalue weighted by Gasteiger charge is 2.20. The third-order valence-corrected chi connectivity index (χ3v) is 2.01. The number of urea groups is 1. The van der Waals surface area contributed by atoms with Gasteiger partial charge in [-0.1, -0.05) is 18.2 Å². The van der Waals surface area contributed by atoms with Crippen LogP contribution in [0.3, 0.4) is 0 Å². The second-order valence-electron chi connectivity index (χ2n) is 3.22. The molecule has 0 bridgehead atoms. The van der Waals surface area contributed by atoms with Gasteiger partial charge in [0.1, 0.15) is 0 Å². The Morgan fingerprint density at radius 1 is 1.35 bits per heavy atom. The van der Waals surface area contributed by atoms with Gasteiger partial charge in [0.05, 0.1) is 13.7 Å². The smallest absolute Gasteiger partial charge is 0.330 e. The van der Waals surface area contributed by atoms with Crippen molar-refractivity contribution in [2.45, 2.75) is 6.04 Å². The summed E-state index contributed by atoms with van der Waals surface area (Å²) in [5.41, 5.74) is 0.589. The van der Waals surface area contributed by atoms with Crippen molar-refractivity contribution >= 4 is 17.7 Å². The fourth-order valence-corrected chi connectivity index (χ4v) is 1.17. The largest absolute Gasteiger partial charge is 0.467 e. The molecule has 0 saturated heterocycles. The number of nitrogens with one attached hydrogen (secondary N) is 2. The first kappa shape index (κ1) is 13.0. The predicted molar refractivity (Wildman–Crippen MR) is 61.5 cm³/mol. The van der Waals surface area contributed by atoms with Crippen LogP contribution in [0.15, 0.2) is 30.3 Å². The SMILES string of the molecule is COC(=O)[C@H](CO)NC(=O)Nc1ccccc1. The van der Waals surface area contributed by atoms with E-state index in [4.69, 9.17) is 5.11 Å². The summed E-state index contributed by atoms with van der Waals surface area (Å²) in [4.78, 5) is 22.6. The standard InChI is InChI=1S/C11H14N2O4/c1-17-10(15)9(7-14)13-11(16)12-8-5-3-2-4-6-8/h2-6,9,14H,7H2,1H3,(H2,12,13,16)/t9-/m0/s1. The lowest BCUT2D eigenvalue weighted by molar-refractivity contribution is -0.143. The van der Waals surface area contributed by atoms with Crippen molar-refractivity contribution in [1.29, 1.82) is 0 Å². The number of ether oxygens (including phenoxy) is 1. The minimum absolute atomic E-state index is 0.519. The Labute approximate surface area is 98.6 Å². The van der Waals surface area contributed by atoms with Crippen LogP contribution >= 0.6 is 0 Å². The van der Waals surface area contributed by atoms with Crippen molar-refractivity contribution in [1.82, 2.24) is 5.32 Å². The summed E-state index contributed by atoms with van der Waals surface area (Å²) in [6.45, 7) is -0.519. The number of methoxy groups -OCH3 is 1. The molecule has 92 valence electrons. The van der Waals surface area contributed by atoms with Gasteiger partial charge < -0.3 is 20.5 Å². The van der Waals surface area contributed by atoms with Gasteiger partial charge in [0, 0.05) is 5.69 Å². The lowest BCUT2D eigenvalue weighted by Gasteiger charge is -2.14. The van der Waals surface area contributed by atoms with Crippen LogP contribution < -0.4 is 10.6 Å². The third kappa shape index (κ3) is 4.12. The molecule has 0 spiro atoms. The van der Waals surface area contributed by atoms with E-state index < -0.39 is 24.6 Å². The fourth-order valence-electron chi connectivity index (χ4n) is 1.17. The summed E-state index contributed by atoms with van der Waals surface area (Å²) in [6.07, 6.45) is 0. The maximum absolute atomic E-state index is 11.5. The number of esters is 1. The van der Waals surface area contributed by atoms with Crippen LogP contribution in [0.1, 0.15) is 0 Å². The molecule has 0 aliphatic rings. The summed E-state index contributed by atoms with van der Waals surface area (Å²) in [5.74, 6) is -0.698. The zero-order valence-corrected chi connectivity index (χ0v) is 9.34. The van der Waals surface area contributed by atoms with Crippen molar-refractivity contribution in [2.24, 2.45) is 0 Å². The predicted octanol–water partition coefficient (Wildman–Crippen LogP) is 0.342. The summed E-state index contributed by atoms with van der Waals surface area (Å²) in [7, 11) is 1.18. The third-order valence-electron chi connectivity index (χ3n) is 2.01. The molecule has 1 aromatic carbocycles. The van der Waals surface area contributed by atoms with Crippen LogP contribution in [0.5, 0.6) is 0 Å².